The Morgan fingerprint density at radius 2 is 2.32 bits per heavy atom. The van der Waals surface area contributed by atoms with Crippen molar-refractivity contribution in [2.24, 2.45) is 0 Å². The summed E-state index contributed by atoms with van der Waals surface area (Å²) in [6.45, 7) is 1.42. The normalized spacial score (nSPS) is 15.5. The maximum atomic E-state index is 11.3. The van der Waals surface area contributed by atoms with Gasteiger partial charge < -0.3 is 10.4 Å². The second-order valence-electron chi connectivity index (χ2n) is 4.17. The SMILES string of the molecule is N#CCNC(=O)CN1CC(n2cc(C(=O)O)nn2)C1. The van der Waals surface area contributed by atoms with Gasteiger partial charge in [0.05, 0.1) is 24.9 Å². The third-order valence-electron chi connectivity index (χ3n) is 2.77. The Labute approximate surface area is 108 Å². The number of likely N-dealkylation sites (tertiary alicyclic amines) is 1. The molecule has 9 heteroatoms. The number of amides is 1. The molecule has 2 heterocycles. The summed E-state index contributed by atoms with van der Waals surface area (Å²) in [5, 5.41) is 26.7. The van der Waals surface area contributed by atoms with Crippen LogP contribution in [0, 0.1) is 11.3 Å². The second-order valence-corrected chi connectivity index (χ2v) is 4.17. The summed E-state index contributed by atoms with van der Waals surface area (Å²) in [5.74, 6) is -1.32. The summed E-state index contributed by atoms with van der Waals surface area (Å²) in [5.41, 5.74) is -0.0924. The van der Waals surface area contributed by atoms with Crippen LogP contribution in [0.5, 0.6) is 0 Å². The van der Waals surface area contributed by atoms with Crippen LogP contribution in [-0.4, -0.2) is 63.1 Å². The van der Waals surface area contributed by atoms with Crippen LogP contribution in [-0.2, 0) is 4.79 Å². The summed E-state index contributed by atoms with van der Waals surface area (Å²) in [7, 11) is 0. The molecule has 1 saturated heterocycles. The zero-order valence-electron chi connectivity index (χ0n) is 9.98. The molecule has 0 bridgehead atoms. The first-order chi connectivity index (χ1) is 9.10. The lowest BCUT2D eigenvalue weighted by Gasteiger charge is -2.38. The van der Waals surface area contributed by atoms with Crippen molar-refractivity contribution in [3.63, 3.8) is 0 Å². The molecule has 1 aromatic heterocycles. The van der Waals surface area contributed by atoms with E-state index in [4.69, 9.17) is 10.4 Å². The molecule has 2 rings (SSSR count). The van der Waals surface area contributed by atoms with Crippen LogP contribution in [0.15, 0.2) is 6.20 Å². The molecule has 1 aliphatic rings. The van der Waals surface area contributed by atoms with Crippen molar-refractivity contribution >= 4 is 11.9 Å². The van der Waals surface area contributed by atoms with E-state index in [9.17, 15) is 9.59 Å². The monoisotopic (exact) mass is 264 g/mol. The molecule has 1 amide bonds. The number of aromatic carboxylic acids is 1. The van der Waals surface area contributed by atoms with Crippen LogP contribution < -0.4 is 5.32 Å². The summed E-state index contributed by atoms with van der Waals surface area (Å²) >= 11 is 0. The first-order valence-corrected chi connectivity index (χ1v) is 5.61. The smallest absolute Gasteiger partial charge is 0.358 e. The quantitative estimate of drug-likeness (QED) is 0.618. The molecule has 0 saturated carbocycles. The van der Waals surface area contributed by atoms with Gasteiger partial charge in [-0.15, -0.1) is 5.10 Å². The summed E-state index contributed by atoms with van der Waals surface area (Å²) in [4.78, 5) is 23.8. The number of hydrogen-bond donors (Lipinski definition) is 2. The van der Waals surface area contributed by atoms with Crippen molar-refractivity contribution in [2.45, 2.75) is 6.04 Å². The van der Waals surface area contributed by atoms with Crippen LogP contribution in [0.25, 0.3) is 0 Å². The van der Waals surface area contributed by atoms with Crippen molar-refractivity contribution in [1.29, 1.82) is 5.26 Å². The Morgan fingerprint density at radius 1 is 1.58 bits per heavy atom. The molecule has 1 aromatic rings. The average Bonchev–Trinajstić information content (AvgIpc) is 2.79. The first-order valence-electron chi connectivity index (χ1n) is 5.61. The van der Waals surface area contributed by atoms with Gasteiger partial charge in [0.1, 0.15) is 6.54 Å². The molecule has 0 radical (unpaired) electrons. The molecular formula is C10H12N6O3. The van der Waals surface area contributed by atoms with Crippen LogP contribution >= 0.6 is 0 Å². The molecule has 1 fully saturated rings. The van der Waals surface area contributed by atoms with Crippen LogP contribution in [0.1, 0.15) is 16.5 Å². The number of carbonyl (C=O) groups excluding carboxylic acids is 1. The molecule has 0 aliphatic carbocycles. The predicted octanol–water partition coefficient (Wildman–Crippen LogP) is -1.53. The number of nitrogens with one attached hydrogen (secondary N) is 1. The van der Waals surface area contributed by atoms with E-state index in [0.29, 0.717) is 13.1 Å². The van der Waals surface area contributed by atoms with Gasteiger partial charge >= 0.3 is 5.97 Å². The predicted molar refractivity (Wildman–Crippen MR) is 61.1 cm³/mol. The Hall–Kier alpha value is -2.47. The first kappa shape index (κ1) is 13.0. The fourth-order valence-electron chi connectivity index (χ4n) is 1.79. The standard InChI is InChI=1S/C10H12N6O3/c11-1-2-12-9(17)6-15-3-7(4-15)16-5-8(10(18)19)13-14-16/h5,7H,2-4,6H2,(H,12,17)(H,18,19). The van der Waals surface area contributed by atoms with Gasteiger partial charge in [-0.1, -0.05) is 5.21 Å². The van der Waals surface area contributed by atoms with Gasteiger partial charge in [0.15, 0.2) is 5.69 Å². The Balaban J connectivity index is 1.78. The van der Waals surface area contributed by atoms with Crippen molar-refractivity contribution in [3.05, 3.63) is 11.9 Å². The van der Waals surface area contributed by atoms with Gasteiger partial charge in [-0.3, -0.25) is 9.69 Å². The number of rotatable bonds is 5. The van der Waals surface area contributed by atoms with Gasteiger partial charge in [0.25, 0.3) is 0 Å². The van der Waals surface area contributed by atoms with Crippen LogP contribution in [0.4, 0.5) is 0 Å². The van der Waals surface area contributed by atoms with E-state index in [-0.39, 0.29) is 30.7 Å². The fourth-order valence-corrected chi connectivity index (χ4v) is 1.79. The maximum Gasteiger partial charge on any atom is 0.358 e. The topological polar surface area (TPSA) is 124 Å². The number of nitrogens with zero attached hydrogens (tertiary/aromatic N) is 5. The molecule has 19 heavy (non-hydrogen) atoms. The molecular weight excluding hydrogens is 252 g/mol. The third kappa shape index (κ3) is 3.05. The summed E-state index contributed by atoms with van der Waals surface area (Å²) in [6.07, 6.45) is 1.38. The fraction of sp³-hybridized carbons (Fsp3) is 0.500. The van der Waals surface area contributed by atoms with E-state index in [2.05, 4.69) is 15.6 Å². The third-order valence-corrected chi connectivity index (χ3v) is 2.77. The van der Waals surface area contributed by atoms with Gasteiger partial charge in [-0.05, 0) is 0 Å². The molecule has 0 aromatic carbocycles. The van der Waals surface area contributed by atoms with E-state index in [0.717, 1.165) is 0 Å². The molecule has 100 valence electrons. The lowest BCUT2D eigenvalue weighted by atomic mass is 10.1. The van der Waals surface area contributed by atoms with Crippen molar-refractivity contribution in [2.75, 3.05) is 26.2 Å². The van der Waals surface area contributed by atoms with Gasteiger partial charge in [0, 0.05) is 13.1 Å². The Morgan fingerprint density at radius 3 is 2.89 bits per heavy atom. The summed E-state index contributed by atoms with van der Waals surface area (Å²) in [6, 6.07) is 1.86. The number of carbonyl (C=O) groups is 2. The Bertz CT molecular complexity index is 528. The van der Waals surface area contributed by atoms with E-state index < -0.39 is 5.97 Å². The highest BCUT2D eigenvalue weighted by molar-refractivity contribution is 5.84. The molecule has 9 nitrogen and oxygen atoms in total. The Kier molecular flexibility index (Phi) is 3.72. The van der Waals surface area contributed by atoms with Gasteiger partial charge in [0.2, 0.25) is 5.91 Å². The highest BCUT2D eigenvalue weighted by Gasteiger charge is 2.30. The van der Waals surface area contributed by atoms with E-state index in [1.54, 1.807) is 0 Å². The highest BCUT2D eigenvalue weighted by atomic mass is 16.4. The molecule has 1 aliphatic heterocycles. The molecule has 0 spiro atoms. The number of carboxylic acids is 1. The summed E-state index contributed by atoms with van der Waals surface area (Å²) < 4.78 is 1.49. The zero-order valence-corrected chi connectivity index (χ0v) is 9.98. The van der Waals surface area contributed by atoms with Gasteiger partial charge in [-0.2, -0.15) is 5.26 Å². The van der Waals surface area contributed by atoms with Crippen molar-refractivity contribution in [3.8, 4) is 6.07 Å². The minimum absolute atomic E-state index is 0.00114. The molecule has 2 N–H and O–H groups in total. The maximum absolute atomic E-state index is 11.3. The largest absolute Gasteiger partial charge is 0.476 e. The van der Waals surface area contributed by atoms with E-state index in [1.807, 2.05) is 11.0 Å². The number of nitriles is 1. The lowest BCUT2D eigenvalue weighted by Crippen LogP contribution is -2.51. The number of aromatic nitrogens is 3. The van der Waals surface area contributed by atoms with E-state index >= 15 is 0 Å². The average molecular weight is 264 g/mol. The zero-order chi connectivity index (χ0) is 13.8. The highest BCUT2D eigenvalue weighted by Crippen LogP contribution is 2.19. The minimum atomic E-state index is -1.11. The van der Waals surface area contributed by atoms with E-state index in [1.165, 1.54) is 10.9 Å². The lowest BCUT2D eigenvalue weighted by molar-refractivity contribution is -0.123. The minimum Gasteiger partial charge on any atom is -0.476 e. The molecule has 0 unspecified atom stereocenters. The van der Waals surface area contributed by atoms with Gasteiger partial charge in [-0.25, -0.2) is 9.48 Å². The van der Waals surface area contributed by atoms with Crippen LogP contribution in [0.3, 0.4) is 0 Å². The van der Waals surface area contributed by atoms with Crippen LogP contribution in [0.2, 0.25) is 0 Å². The van der Waals surface area contributed by atoms with Crippen molar-refractivity contribution < 1.29 is 14.7 Å². The molecule has 0 atom stereocenters. The number of carboxylic acid groups (broad SMARTS) is 1. The number of hydrogen-bond acceptors (Lipinski definition) is 6. The van der Waals surface area contributed by atoms with Crippen molar-refractivity contribution in [1.82, 2.24) is 25.2 Å². The second kappa shape index (κ2) is 5.45.